The standard InChI is InChI=1S/C27H34N4O3.2ClH/c1-30(17-13-23-11-12-25(33-2)20-26(23)34-3)16-6-14-29-27(32)10-5-8-22-7-4-9-24(19-22)31-18-15-28-21-31;;/h4-5,7-9,11-12,15,18-21H,6,10,13-14,16-17H2,1-3H3,(H,29,32);2*1H/b8-5-;;. The zero-order valence-electron chi connectivity index (χ0n) is 21.1. The van der Waals surface area contributed by atoms with Crippen molar-refractivity contribution in [1.29, 1.82) is 0 Å². The Kier molecular flexibility index (Phi) is 14.3. The van der Waals surface area contributed by atoms with Crippen molar-refractivity contribution in [3.63, 3.8) is 0 Å². The molecule has 1 aromatic heterocycles. The summed E-state index contributed by atoms with van der Waals surface area (Å²) in [6, 6.07) is 14.0. The first kappa shape index (κ1) is 31.0. The molecule has 0 saturated carbocycles. The third-order valence-corrected chi connectivity index (χ3v) is 5.58. The number of carbonyl (C=O) groups excluding carboxylic acids is 1. The van der Waals surface area contributed by atoms with E-state index in [0.717, 1.165) is 54.2 Å². The van der Waals surface area contributed by atoms with E-state index in [4.69, 9.17) is 9.47 Å². The average Bonchev–Trinajstić information content (AvgIpc) is 3.40. The summed E-state index contributed by atoms with van der Waals surface area (Å²) < 4.78 is 12.7. The number of methoxy groups -OCH3 is 2. The number of rotatable bonds is 13. The second-order valence-corrected chi connectivity index (χ2v) is 8.11. The Labute approximate surface area is 226 Å². The maximum absolute atomic E-state index is 12.2. The highest BCUT2D eigenvalue weighted by atomic mass is 35.5. The van der Waals surface area contributed by atoms with Crippen LogP contribution in [0.4, 0.5) is 0 Å². The van der Waals surface area contributed by atoms with E-state index in [-0.39, 0.29) is 30.7 Å². The molecule has 0 atom stereocenters. The van der Waals surface area contributed by atoms with E-state index in [0.29, 0.717) is 13.0 Å². The summed E-state index contributed by atoms with van der Waals surface area (Å²) in [6.45, 7) is 2.49. The molecule has 36 heavy (non-hydrogen) atoms. The molecule has 0 aliphatic rings. The largest absolute Gasteiger partial charge is 0.497 e. The number of nitrogens with zero attached hydrogens (tertiary/aromatic N) is 3. The first-order chi connectivity index (χ1) is 16.6. The average molecular weight is 536 g/mol. The molecule has 7 nitrogen and oxygen atoms in total. The Bertz CT molecular complexity index is 1070. The van der Waals surface area contributed by atoms with Crippen LogP contribution in [0.1, 0.15) is 24.0 Å². The fourth-order valence-electron chi connectivity index (χ4n) is 3.63. The number of carbonyl (C=O) groups is 1. The lowest BCUT2D eigenvalue weighted by molar-refractivity contribution is -0.120. The number of ether oxygens (including phenoxy) is 2. The molecule has 0 unspecified atom stereocenters. The Hall–Kier alpha value is -3.00. The predicted octanol–water partition coefficient (Wildman–Crippen LogP) is 4.82. The maximum Gasteiger partial charge on any atom is 0.223 e. The molecule has 0 aliphatic carbocycles. The molecule has 196 valence electrons. The maximum atomic E-state index is 12.2. The summed E-state index contributed by atoms with van der Waals surface area (Å²) in [6.07, 6.45) is 11.5. The lowest BCUT2D eigenvalue weighted by Crippen LogP contribution is -2.28. The van der Waals surface area contributed by atoms with Crippen LogP contribution in [-0.2, 0) is 11.2 Å². The van der Waals surface area contributed by atoms with Gasteiger partial charge < -0.3 is 24.3 Å². The second kappa shape index (κ2) is 16.6. The Balaban J connectivity index is 0.00000324. The van der Waals surface area contributed by atoms with Gasteiger partial charge in [0.2, 0.25) is 5.91 Å². The molecule has 0 bridgehead atoms. The van der Waals surface area contributed by atoms with Crippen LogP contribution in [-0.4, -0.2) is 61.3 Å². The van der Waals surface area contributed by atoms with E-state index < -0.39 is 0 Å². The molecule has 1 amide bonds. The summed E-state index contributed by atoms with van der Waals surface area (Å²) >= 11 is 0. The summed E-state index contributed by atoms with van der Waals surface area (Å²) in [7, 11) is 5.43. The summed E-state index contributed by atoms with van der Waals surface area (Å²) in [4.78, 5) is 18.5. The Morgan fingerprint density at radius 2 is 1.94 bits per heavy atom. The third-order valence-electron chi connectivity index (χ3n) is 5.58. The quantitative estimate of drug-likeness (QED) is 0.318. The van der Waals surface area contributed by atoms with Crippen LogP contribution in [0.15, 0.2) is 67.3 Å². The molecule has 3 rings (SSSR count). The van der Waals surface area contributed by atoms with Crippen LogP contribution >= 0.6 is 24.8 Å². The second-order valence-electron chi connectivity index (χ2n) is 8.11. The molecule has 3 aromatic rings. The van der Waals surface area contributed by atoms with Gasteiger partial charge in [-0.05, 0) is 55.8 Å². The summed E-state index contributed by atoms with van der Waals surface area (Å²) in [5.74, 6) is 1.68. The zero-order chi connectivity index (χ0) is 24.2. The van der Waals surface area contributed by atoms with Crippen molar-refractivity contribution in [3.8, 4) is 17.2 Å². The lowest BCUT2D eigenvalue weighted by atomic mass is 10.1. The van der Waals surface area contributed by atoms with E-state index in [1.54, 1.807) is 26.7 Å². The number of halogens is 2. The van der Waals surface area contributed by atoms with Crippen molar-refractivity contribution >= 4 is 36.8 Å². The summed E-state index contributed by atoms with van der Waals surface area (Å²) in [5, 5.41) is 3.00. The molecular formula is C27H36Cl2N4O3. The Morgan fingerprint density at radius 3 is 2.67 bits per heavy atom. The van der Waals surface area contributed by atoms with E-state index >= 15 is 0 Å². The van der Waals surface area contributed by atoms with E-state index in [2.05, 4.69) is 28.3 Å². The molecule has 0 radical (unpaired) electrons. The van der Waals surface area contributed by atoms with Crippen molar-refractivity contribution in [2.45, 2.75) is 19.3 Å². The van der Waals surface area contributed by atoms with Crippen LogP contribution < -0.4 is 14.8 Å². The summed E-state index contributed by atoms with van der Waals surface area (Å²) in [5.41, 5.74) is 3.25. The normalized spacial score (nSPS) is 10.6. The zero-order valence-corrected chi connectivity index (χ0v) is 22.7. The van der Waals surface area contributed by atoms with Gasteiger partial charge in [-0.25, -0.2) is 4.98 Å². The minimum absolute atomic E-state index is 0. The van der Waals surface area contributed by atoms with E-state index in [1.165, 1.54) is 0 Å². The molecule has 1 heterocycles. The number of likely N-dealkylation sites (N-methyl/N-ethyl adjacent to an activating group) is 1. The van der Waals surface area contributed by atoms with Crippen molar-refractivity contribution in [2.75, 3.05) is 40.9 Å². The van der Waals surface area contributed by atoms with Crippen LogP contribution in [0.3, 0.4) is 0 Å². The monoisotopic (exact) mass is 534 g/mol. The first-order valence-corrected chi connectivity index (χ1v) is 11.5. The van der Waals surface area contributed by atoms with Gasteiger partial charge in [-0.3, -0.25) is 4.79 Å². The van der Waals surface area contributed by atoms with Gasteiger partial charge >= 0.3 is 0 Å². The Morgan fingerprint density at radius 1 is 1.11 bits per heavy atom. The molecule has 0 saturated heterocycles. The van der Waals surface area contributed by atoms with Crippen molar-refractivity contribution < 1.29 is 14.3 Å². The van der Waals surface area contributed by atoms with Crippen LogP contribution in [0.5, 0.6) is 11.5 Å². The van der Waals surface area contributed by atoms with Crippen LogP contribution in [0.25, 0.3) is 11.8 Å². The fourth-order valence-corrected chi connectivity index (χ4v) is 3.63. The third kappa shape index (κ3) is 9.93. The van der Waals surface area contributed by atoms with Gasteiger partial charge in [0.1, 0.15) is 11.5 Å². The lowest BCUT2D eigenvalue weighted by Gasteiger charge is -2.18. The molecule has 0 spiro atoms. The van der Waals surface area contributed by atoms with Gasteiger partial charge in [0.25, 0.3) is 0 Å². The van der Waals surface area contributed by atoms with Crippen molar-refractivity contribution in [3.05, 3.63) is 78.4 Å². The molecular weight excluding hydrogens is 499 g/mol. The number of nitrogens with one attached hydrogen (secondary N) is 1. The van der Waals surface area contributed by atoms with Gasteiger partial charge in [0, 0.05) is 43.7 Å². The smallest absolute Gasteiger partial charge is 0.223 e. The number of hydrogen-bond donors (Lipinski definition) is 1. The highest BCUT2D eigenvalue weighted by Gasteiger charge is 2.07. The first-order valence-electron chi connectivity index (χ1n) is 11.5. The molecule has 2 aromatic carbocycles. The topological polar surface area (TPSA) is 68.6 Å². The van der Waals surface area contributed by atoms with E-state index in [9.17, 15) is 4.79 Å². The van der Waals surface area contributed by atoms with Crippen LogP contribution in [0.2, 0.25) is 0 Å². The van der Waals surface area contributed by atoms with Gasteiger partial charge in [-0.2, -0.15) is 0 Å². The highest BCUT2D eigenvalue weighted by Crippen LogP contribution is 2.25. The van der Waals surface area contributed by atoms with Gasteiger partial charge in [-0.15, -0.1) is 24.8 Å². The molecule has 0 fully saturated rings. The molecule has 0 aliphatic heterocycles. The highest BCUT2D eigenvalue weighted by molar-refractivity contribution is 5.85. The van der Waals surface area contributed by atoms with Gasteiger partial charge in [0.15, 0.2) is 0 Å². The van der Waals surface area contributed by atoms with Crippen molar-refractivity contribution in [1.82, 2.24) is 19.8 Å². The number of benzene rings is 2. The van der Waals surface area contributed by atoms with Crippen molar-refractivity contribution in [2.24, 2.45) is 0 Å². The van der Waals surface area contributed by atoms with E-state index in [1.807, 2.05) is 59.3 Å². The number of imidazole rings is 1. The van der Waals surface area contributed by atoms with Gasteiger partial charge in [0.05, 0.1) is 20.5 Å². The molecule has 1 N–H and O–H groups in total. The minimum atomic E-state index is 0. The van der Waals surface area contributed by atoms with Crippen LogP contribution in [0, 0.1) is 0 Å². The predicted molar refractivity (Wildman–Crippen MR) is 150 cm³/mol. The minimum Gasteiger partial charge on any atom is -0.497 e. The van der Waals surface area contributed by atoms with Gasteiger partial charge in [-0.1, -0.05) is 30.4 Å². The number of amides is 1. The fraction of sp³-hybridized carbons (Fsp3) is 0.333. The number of hydrogen-bond acceptors (Lipinski definition) is 5. The molecule has 9 heteroatoms. The number of aromatic nitrogens is 2. The SMILES string of the molecule is COc1ccc(CCN(C)CCCNC(=O)C/C=C\c2cccc(-n3ccnc3)c2)c(OC)c1.Cl.Cl.